The van der Waals surface area contributed by atoms with Crippen LogP contribution < -0.4 is 5.32 Å². The van der Waals surface area contributed by atoms with Gasteiger partial charge in [-0.1, -0.05) is 19.8 Å². The third kappa shape index (κ3) is 3.69. The second kappa shape index (κ2) is 7.46. The Balaban J connectivity index is 1.83. The maximum absolute atomic E-state index is 9.31. The predicted molar refractivity (Wildman–Crippen MR) is 75.8 cm³/mol. The molecule has 0 radical (unpaired) electrons. The average molecular weight is 254 g/mol. The molecular weight excluding hydrogens is 224 g/mol. The monoisotopic (exact) mass is 254 g/mol. The second-order valence-corrected chi connectivity index (χ2v) is 5.96. The van der Waals surface area contributed by atoms with E-state index in [1.165, 1.54) is 51.4 Å². The van der Waals surface area contributed by atoms with Crippen LogP contribution >= 0.6 is 0 Å². The normalized spacial score (nSPS) is 30.2. The van der Waals surface area contributed by atoms with Crippen molar-refractivity contribution in [3.05, 3.63) is 0 Å². The van der Waals surface area contributed by atoms with Crippen molar-refractivity contribution in [1.82, 2.24) is 10.2 Å². The highest BCUT2D eigenvalue weighted by Gasteiger charge is 2.31. The van der Waals surface area contributed by atoms with Crippen LogP contribution in [-0.2, 0) is 0 Å². The van der Waals surface area contributed by atoms with E-state index in [9.17, 15) is 5.11 Å². The van der Waals surface area contributed by atoms with Gasteiger partial charge >= 0.3 is 0 Å². The summed E-state index contributed by atoms with van der Waals surface area (Å²) in [5.41, 5.74) is 0. The first-order chi connectivity index (χ1) is 8.85. The van der Waals surface area contributed by atoms with Crippen LogP contribution in [0.3, 0.4) is 0 Å². The van der Waals surface area contributed by atoms with Gasteiger partial charge in [0.2, 0.25) is 0 Å². The van der Waals surface area contributed by atoms with Crippen molar-refractivity contribution in [2.24, 2.45) is 0 Å². The SMILES string of the molecule is CCNC1CCC(N(CCO)C2CCCC2)CC1. The minimum Gasteiger partial charge on any atom is -0.395 e. The molecule has 2 fully saturated rings. The number of rotatable bonds is 6. The Bertz CT molecular complexity index is 221. The molecule has 0 spiro atoms. The molecule has 0 aliphatic heterocycles. The molecule has 18 heavy (non-hydrogen) atoms. The van der Waals surface area contributed by atoms with E-state index in [1.807, 2.05) is 0 Å². The first-order valence-corrected chi connectivity index (χ1v) is 7.95. The molecule has 106 valence electrons. The second-order valence-electron chi connectivity index (χ2n) is 5.96. The minimum atomic E-state index is 0.323. The van der Waals surface area contributed by atoms with Crippen LogP contribution in [0.1, 0.15) is 58.3 Å². The summed E-state index contributed by atoms with van der Waals surface area (Å²) in [5.74, 6) is 0. The predicted octanol–water partition coefficient (Wildman–Crippen LogP) is 2.14. The molecule has 0 aromatic heterocycles. The Hall–Kier alpha value is -0.120. The fourth-order valence-electron chi connectivity index (χ4n) is 3.91. The third-order valence-electron chi connectivity index (χ3n) is 4.81. The molecular formula is C15H30N2O. The van der Waals surface area contributed by atoms with Crippen LogP contribution in [0.4, 0.5) is 0 Å². The van der Waals surface area contributed by atoms with Crippen molar-refractivity contribution in [3.8, 4) is 0 Å². The van der Waals surface area contributed by atoms with Crippen molar-refractivity contribution in [2.75, 3.05) is 19.7 Å². The zero-order valence-corrected chi connectivity index (χ0v) is 11.9. The molecule has 2 aliphatic carbocycles. The van der Waals surface area contributed by atoms with Gasteiger partial charge in [0, 0.05) is 24.7 Å². The molecule has 2 N–H and O–H groups in total. The lowest BCUT2D eigenvalue weighted by atomic mass is 9.89. The smallest absolute Gasteiger partial charge is 0.0558 e. The highest BCUT2D eigenvalue weighted by Crippen LogP contribution is 2.30. The van der Waals surface area contributed by atoms with Crippen molar-refractivity contribution in [1.29, 1.82) is 0 Å². The van der Waals surface area contributed by atoms with E-state index in [0.29, 0.717) is 6.61 Å². The Morgan fingerprint density at radius 1 is 1.00 bits per heavy atom. The van der Waals surface area contributed by atoms with Crippen LogP contribution in [-0.4, -0.2) is 47.8 Å². The highest BCUT2D eigenvalue weighted by atomic mass is 16.3. The molecule has 0 aromatic carbocycles. The van der Waals surface area contributed by atoms with Gasteiger partial charge < -0.3 is 10.4 Å². The van der Waals surface area contributed by atoms with Crippen molar-refractivity contribution in [3.63, 3.8) is 0 Å². The van der Waals surface area contributed by atoms with E-state index < -0.39 is 0 Å². The Kier molecular flexibility index (Phi) is 5.93. The fourth-order valence-corrected chi connectivity index (χ4v) is 3.91. The molecule has 3 heteroatoms. The average Bonchev–Trinajstić information content (AvgIpc) is 2.91. The van der Waals surface area contributed by atoms with Crippen LogP contribution in [0.5, 0.6) is 0 Å². The van der Waals surface area contributed by atoms with Crippen molar-refractivity contribution in [2.45, 2.75) is 76.4 Å². The van der Waals surface area contributed by atoms with Crippen molar-refractivity contribution < 1.29 is 5.11 Å². The maximum atomic E-state index is 9.31. The van der Waals surface area contributed by atoms with E-state index in [1.54, 1.807) is 0 Å². The zero-order chi connectivity index (χ0) is 12.8. The van der Waals surface area contributed by atoms with Crippen LogP contribution in [0.15, 0.2) is 0 Å². The summed E-state index contributed by atoms with van der Waals surface area (Å²) in [7, 11) is 0. The fraction of sp³-hybridized carbons (Fsp3) is 1.00. The molecule has 0 aromatic rings. The van der Waals surface area contributed by atoms with E-state index in [-0.39, 0.29) is 0 Å². The van der Waals surface area contributed by atoms with Gasteiger partial charge in [-0.2, -0.15) is 0 Å². The molecule has 0 atom stereocenters. The minimum absolute atomic E-state index is 0.323. The summed E-state index contributed by atoms with van der Waals surface area (Å²) in [4.78, 5) is 2.63. The first kappa shape index (κ1) is 14.3. The lowest BCUT2D eigenvalue weighted by Gasteiger charge is -2.40. The van der Waals surface area contributed by atoms with Gasteiger partial charge in [0.15, 0.2) is 0 Å². The molecule has 3 nitrogen and oxygen atoms in total. The van der Waals surface area contributed by atoms with Gasteiger partial charge in [0.1, 0.15) is 0 Å². The summed E-state index contributed by atoms with van der Waals surface area (Å²) in [6, 6.07) is 2.23. The zero-order valence-electron chi connectivity index (χ0n) is 11.9. The quantitative estimate of drug-likeness (QED) is 0.762. The number of nitrogens with one attached hydrogen (secondary N) is 1. The summed E-state index contributed by atoms with van der Waals surface area (Å²) >= 11 is 0. The summed E-state index contributed by atoms with van der Waals surface area (Å²) in [6.45, 7) is 4.51. The van der Waals surface area contributed by atoms with E-state index in [4.69, 9.17) is 0 Å². The third-order valence-corrected chi connectivity index (χ3v) is 4.81. The number of hydrogen-bond donors (Lipinski definition) is 2. The van der Waals surface area contributed by atoms with Gasteiger partial charge in [0.05, 0.1) is 6.61 Å². The molecule has 0 saturated heterocycles. The van der Waals surface area contributed by atoms with Crippen LogP contribution in [0, 0.1) is 0 Å². The molecule has 2 rings (SSSR count). The van der Waals surface area contributed by atoms with Gasteiger partial charge in [-0.3, -0.25) is 4.90 Å². The highest BCUT2D eigenvalue weighted by molar-refractivity contribution is 4.87. The summed E-state index contributed by atoms with van der Waals surface area (Å²) in [5, 5.41) is 12.9. The van der Waals surface area contributed by atoms with Crippen LogP contribution in [0.2, 0.25) is 0 Å². The maximum Gasteiger partial charge on any atom is 0.0558 e. The Morgan fingerprint density at radius 3 is 2.17 bits per heavy atom. The van der Waals surface area contributed by atoms with E-state index >= 15 is 0 Å². The lowest BCUT2D eigenvalue weighted by Crippen LogP contribution is -2.47. The molecule has 0 bridgehead atoms. The number of nitrogens with zero attached hydrogens (tertiary/aromatic N) is 1. The summed E-state index contributed by atoms with van der Waals surface area (Å²) in [6.07, 6.45) is 10.7. The standard InChI is InChI=1S/C15H30N2O/c1-2-16-13-7-9-15(10-8-13)17(11-12-18)14-5-3-4-6-14/h13-16,18H,2-12H2,1H3. The number of aliphatic hydroxyl groups excluding tert-OH is 1. The molecule has 0 unspecified atom stereocenters. The Morgan fingerprint density at radius 2 is 1.61 bits per heavy atom. The summed E-state index contributed by atoms with van der Waals surface area (Å²) < 4.78 is 0. The number of hydrogen-bond acceptors (Lipinski definition) is 3. The molecule has 0 amide bonds. The topological polar surface area (TPSA) is 35.5 Å². The first-order valence-electron chi connectivity index (χ1n) is 7.95. The largest absolute Gasteiger partial charge is 0.395 e. The molecule has 2 saturated carbocycles. The van der Waals surface area contributed by atoms with Crippen LogP contribution in [0.25, 0.3) is 0 Å². The van der Waals surface area contributed by atoms with Gasteiger partial charge in [0.25, 0.3) is 0 Å². The van der Waals surface area contributed by atoms with E-state index in [0.717, 1.165) is 31.2 Å². The molecule has 0 heterocycles. The molecule has 2 aliphatic rings. The van der Waals surface area contributed by atoms with E-state index in [2.05, 4.69) is 17.1 Å². The number of aliphatic hydroxyl groups is 1. The Labute approximate surface area is 112 Å². The van der Waals surface area contributed by atoms with Gasteiger partial charge in [-0.25, -0.2) is 0 Å². The van der Waals surface area contributed by atoms with Gasteiger partial charge in [-0.15, -0.1) is 0 Å². The lowest BCUT2D eigenvalue weighted by molar-refractivity contribution is 0.0766. The van der Waals surface area contributed by atoms with Gasteiger partial charge in [-0.05, 0) is 45.1 Å². The van der Waals surface area contributed by atoms with Crippen molar-refractivity contribution >= 4 is 0 Å².